The molecule has 1 aromatic rings. The topological polar surface area (TPSA) is 104 Å². The molecular weight excluding hydrogens is 332 g/mol. The van der Waals surface area contributed by atoms with Crippen molar-refractivity contribution >= 4 is 28.6 Å². The number of nitrogens with one attached hydrogen (secondary N) is 1. The van der Waals surface area contributed by atoms with E-state index in [0.29, 0.717) is 0 Å². The Labute approximate surface area is 141 Å². The molecule has 2 N–H and O–H groups in total. The maximum atomic E-state index is 12.6. The van der Waals surface area contributed by atoms with Crippen LogP contribution in [0, 0.1) is 0 Å². The van der Waals surface area contributed by atoms with Crippen LogP contribution in [-0.4, -0.2) is 54.2 Å². The molecule has 7 nitrogen and oxygen atoms in total. The Morgan fingerprint density at radius 2 is 1.92 bits per heavy atom. The summed E-state index contributed by atoms with van der Waals surface area (Å²) in [5.41, 5.74) is 0.801. The number of carboxylic acids is 1. The predicted octanol–water partition coefficient (Wildman–Crippen LogP) is -0.124. The summed E-state index contributed by atoms with van der Waals surface area (Å²) in [7, 11) is -1.58. The molecule has 2 amide bonds. The van der Waals surface area contributed by atoms with Crippen LogP contribution >= 0.6 is 0 Å². The molecule has 2 aliphatic rings. The number of carbonyl (C=O) groups excluding carboxylic acids is 2. The summed E-state index contributed by atoms with van der Waals surface area (Å²) >= 11 is 0. The van der Waals surface area contributed by atoms with Crippen molar-refractivity contribution in [3.05, 3.63) is 35.9 Å². The quantitative estimate of drug-likeness (QED) is 0.737. The third-order valence-corrected chi connectivity index (χ3v) is 6.71. The van der Waals surface area contributed by atoms with E-state index in [4.69, 9.17) is 0 Å². The van der Waals surface area contributed by atoms with E-state index in [1.807, 2.05) is 18.2 Å². The minimum absolute atomic E-state index is 0.107. The number of amides is 2. The van der Waals surface area contributed by atoms with Gasteiger partial charge in [-0.15, -0.1) is 0 Å². The fraction of sp³-hybridized carbons (Fsp3) is 0.438. The van der Waals surface area contributed by atoms with Crippen molar-refractivity contribution in [1.29, 1.82) is 0 Å². The maximum absolute atomic E-state index is 12.6. The van der Waals surface area contributed by atoms with Gasteiger partial charge in [-0.2, -0.15) is 0 Å². The molecule has 0 radical (unpaired) electrons. The summed E-state index contributed by atoms with van der Waals surface area (Å²) in [5.74, 6) is -2.03. The minimum atomic E-state index is -1.58. The van der Waals surface area contributed by atoms with E-state index in [1.165, 1.54) is 0 Å². The van der Waals surface area contributed by atoms with Crippen LogP contribution in [0.4, 0.5) is 0 Å². The van der Waals surface area contributed by atoms with Gasteiger partial charge in [-0.3, -0.25) is 13.8 Å². The maximum Gasteiger partial charge on any atom is 0.328 e. The van der Waals surface area contributed by atoms with Gasteiger partial charge in [0.25, 0.3) is 0 Å². The van der Waals surface area contributed by atoms with E-state index < -0.39 is 44.9 Å². The van der Waals surface area contributed by atoms with Crippen LogP contribution < -0.4 is 5.32 Å². The number of benzene rings is 1. The van der Waals surface area contributed by atoms with E-state index in [9.17, 15) is 23.7 Å². The minimum Gasteiger partial charge on any atom is -0.480 e. The Morgan fingerprint density at radius 1 is 1.29 bits per heavy atom. The van der Waals surface area contributed by atoms with E-state index in [2.05, 4.69) is 5.32 Å². The molecule has 2 heterocycles. The van der Waals surface area contributed by atoms with E-state index in [-0.39, 0.29) is 12.3 Å². The molecule has 2 fully saturated rings. The lowest BCUT2D eigenvalue weighted by molar-refractivity contribution is -0.161. The third-order valence-electron chi connectivity index (χ3n) is 4.51. The van der Waals surface area contributed by atoms with E-state index >= 15 is 0 Å². The average molecular weight is 350 g/mol. The fourth-order valence-electron chi connectivity index (χ4n) is 3.30. The zero-order valence-corrected chi connectivity index (χ0v) is 14.1. The highest BCUT2D eigenvalue weighted by molar-refractivity contribution is 7.87. The first-order valence-corrected chi connectivity index (χ1v) is 8.75. The summed E-state index contributed by atoms with van der Waals surface area (Å²) in [4.78, 5) is 37.0. The molecule has 4 atom stereocenters. The Balaban J connectivity index is 1.74. The van der Waals surface area contributed by atoms with Crippen LogP contribution in [0.2, 0.25) is 0 Å². The van der Waals surface area contributed by atoms with Crippen molar-refractivity contribution in [2.45, 2.75) is 42.5 Å². The molecule has 0 aliphatic carbocycles. The summed E-state index contributed by atoms with van der Waals surface area (Å²) < 4.78 is 11.5. The van der Waals surface area contributed by atoms with Crippen LogP contribution in [0.1, 0.15) is 19.4 Å². The zero-order chi connectivity index (χ0) is 17.6. The van der Waals surface area contributed by atoms with Crippen LogP contribution in [-0.2, 0) is 31.6 Å². The van der Waals surface area contributed by atoms with Crippen molar-refractivity contribution in [2.24, 2.45) is 0 Å². The molecule has 0 aromatic heterocycles. The molecule has 24 heavy (non-hydrogen) atoms. The second kappa shape index (κ2) is 5.70. The number of carboxylic acid groups (broad SMARTS) is 1. The molecule has 1 aromatic carbocycles. The van der Waals surface area contributed by atoms with Gasteiger partial charge in [0.2, 0.25) is 11.8 Å². The highest BCUT2D eigenvalue weighted by atomic mass is 32.2. The summed E-state index contributed by atoms with van der Waals surface area (Å²) in [6, 6.07) is 6.99. The lowest BCUT2D eigenvalue weighted by atomic mass is 9.96. The largest absolute Gasteiger partial charge is 0.480 e. The number of aliphatic carboxylic acids is 1. The van der Waals surface area contributed by atoms with Crippen LogP contribution in [0.25, 0.3) is 0 Å². The second-order valence-corrected chi connectivity index (χ2v) is 8.62. The van der Waals surface area contributed by atoms with Crippen LogP contribution in [0.15, 0.2) is 30.3 Å². The molecule has 8 heteroatoms. The van der Waals surface area contributed by atoms with Crippen LogP contribution in [0.5, 0.6) is 0 Å². The standard InChI is InChI=1S/C16H18N2O5S/c1-16(2)12(15(21)22)18-13(20)11(14(18)24(16)23)17-10(19)8-9-6-4-3-5-7-9/h3-7,11-12,14H,8H2,1-2H3,(H,17,19)(H,21,22)/t11-,12-,14+,24-/m0/s1. The van der Waals surface area contributed by atoms with Gasteiger partial charge in [-0.05, 0) is 19.4 Å². The van der Waals surface area contributed by atoms with Gasteiger partial charge >= 0.3 is 5.97 Å². The molecule has 128 valence electrons. The highest BCUT2D eigenvalue weighted by Crippen LogP contribution is 2.43. The van der Waals surface area contributed by atoms with Crippen molar-refractivity contribution < 1.29 is 23.7 Å². The van der Waals surface area contributed by atoms with Crippen molar-refractivity contribution in [3.8, 4) is 0 Å². The molecule has 0 spiro atoms. The number of fused-ring (bicyclic) bond motifs is 1. The van der Waals surface area contributed by atoms with Crippen LogP contribution in [0.3, 0.4) is 0 Å². The summed E-state index contributed by atoms with van der Waals surface area (Å²) in [6.45, 7) is 3.13. The number of nitrogens with zero attached hydrogens (tertiary/aromatic N) is 1. The number of rotatable bonds is 4. The molecule has 2 saturated heterocycles. The summed E-state index contributed by atoms with van der Waals surface area (Å²) in [6.07, 6.45) is 0.107. The smallest absolute Gasteiger partial charge is 0.328 e. The number of hydrogen-bond donors (Lipinski definition) is 2. The van der Waals surface area contributed by atoms with Crippen molar-refractivity contribution in [1.82, 2.24) is 10.2 Å². The second-order valence-electron chi connectivity index (χ2n) is 6.49. The lowest BCUT2D eigenvalue weighted by Gasteiger charge is -2.43. The molecule has 0 bridgehead atoms. The molecule has 3 rings (SSSR count). The Hall–Kier alpha value is -2.22. The zero-order valence-electron chi connectivity index (χ0n) is 13.3. The fourth-order valence-corrected chi connectivity index (χ4v) is 5.22. The van der Waals surface area contributed by atoms with E-state index in [1.54, 1.807) is 26.0 Å². The first kappa shape index (κ1) is 16.6. The normalized spacial score (nSPS) is 30.4. The first-order valence-electron chi connectivity index (χ1n) is 7.54. The number of carbonyl (C=O) groups is 3. The van der Waals surface area contributed by atoms with Gasteiger partial charge in [0, 0.05) is 0 Å². The SMILES string of the molecule is CC1(C)[C@H](C(=O)O)N2C(=O)[C@H](NC(=O)Cc3ccccc3)[C@H]2[S@@]1=O. The molecule has 0 saturated carbocycles. The molecular formula is C16H18N2O5S. The predicted molar refractivity (Wildman–Crippen MR) is 86.4 cm³/mol. The third kappa shape index (κ3) is 2.41. The Morgan fingerprint density at radius 3 is 2.50 bits per heavy atom. The van der Waals surface area contributed by atoms with Gasteiger partial charge < -0.3 is 15.3 Å². The van der Waals surface area contributed by atoms with Gasteiger partial charge in [0.05, 0.1) is 22.0 Å². The monoisotopic (exact) mass is 350 g/mol. The average Bonchev–Trinajstić information content (AvgIpc) is 2.71. The first-order chi connectivity index (χ1) is 11.2. The van der Waals surface area contributed by atoms with Gasteiger partial charge in [-0.1, -0.05) is 30.3 Å². The van der Waals surface area contributed by atoms with Gasteiger partial charge in [0.1, 0.15) is 17.5 Å². The Bertz CT molecular complexity index is 733. The number of β-lactam (4-membered cyclic amide) rings is 1. The van der Waals surface area contributed by atoms with Gasteiger partial charge in [-0.25, -0.2) is 4.79 Å². The molecule has 0 unspecified atom stereocenters. The highest BCUT2D eigenvalue weighted by Gasteiger charge is 2.68. The van der Waals surface area contributed by atoms with Crippen molar-refractivity contribution in [2.75, 3.05) is 0 Å². The van der Waals surface area contributed by atoms with Crippen molar-refractivity contribution in [3.63, 3.8) is 0 Å². The lowest BCUT2D eigenvalue weighted by Crippen LogP contribution is -2.71. The van der Waals surface area contributed by atoms with Gasteiger partial charge in [0.15, 0.2) is 0 Å². The number of hydrogen-bond acceptors (Lipinski definition) is 4. The Kier molecular flexibility index (Phi) is 3.95. The molecule has 2 aliphatic heterocycles. The summed E-state index contributed by atoms with van der Waals surface area (Å²) in [5, 5.41) is 11.2. The van der Waals surface area contributed by atoms with E-state index in [0.717, 1.165) is 10.5 Å².